The van der Waals surface area contributed by atoms with Gasteiger partial charge in [0.05, 0.1) is 11.9 Å². The molecule has 1 aliphatic heterocycles. The Morgan fingerprint density at radius 2 is 2.04 bits per heavy atom. The molecule has 1 aromatic heterocycles. The van der Waals surface area contributed by atoms with Crippen LogP contribution in [-0.4, -0.2) is 30.0 Å². The molecule has 0 aliphatic carbocycles. The van der Waals surface area contributed by atoms with Crippen LogP contribution in [0, 0.1) is 5.92 Å². The third kappa shape index (κ3) is 4.76. The summed E-state index contributed by atoms with van der Waals surface area (Å²) in [6.45, 7) is 3.87. The molecule has 0 unspecified atom stereocenters. The van der Waals surface area contributed by atoms with Gasteiger partial charge in [0, 0.05) is 24.7 Å². The molecule has 1 aromatic carbocycles. The van der Waals surface area contributed by atoms with Gasteiger partial charge in [0.1, 0.15) is 11.3 Å². The summed E-state index contributed by atoms with van der Waals surface area (Å²) in [7, 11) is 0. The molecule has 8 heteroatoms. The number of carbonyl (C=O) groups excluding carboxylic acids is 3. The van der Waals surface area contributed by atoms with E-state index >= 15 is 0 Å². The normalized spacial score (nSPS) is 15.8. The topological polar surface area (TPSA) is 111 Å². The molecule has 2 heterocycles. The van der Waals surface area contributed by atoms with Crippen LogP contribution in [0.15, 0.2) is 33.5 Å². The van der Waals surface area contributed by atoms with Gasteiger partial charge in [-0.2, -0.15) is 9.59 Å². The molecule has 2 N–H and O–H groups in total. The summed E-state index contributed by atoms with van der Waals surface area (Å²) in [5.74, 6) is 0.954. The van der Waals surface area contributed by atoms with Crippen LogP contribution in [0.5, 0.6) is 0 Å². The van der Waals surface area contributed by atoms with E-state index in [1.165, 1.54) is 6.07 Å². The van der Waals surface area contributed by atoms with Crippen molar-refractivity contribution in [1.29, 1.82) is 0 Å². The van der Waals surface area contributed by atoms with E-state index in [1.54, 1.807) is 18.2 Å². The molecular formula is C17H19ClN2O5. The van der Waals surface area contributed by atoms with Crippen molar-refractivity contribution in [2.75, 3.05) is 13.1 Å². The number of rotatable bonds is 2. The summed E-state index contributed by atoms with van der Waals surface area (Å²) in [6.07, 6.45) is 1.28. The first kappa shape index (κ1) is 20.6. The second kappa shape index (κ2) is 9.13. The fourth-order valence-electron chi connectivity index (χ4n) is 2.74. The van der Waals surface area contributed by atoms with Crippen molar-refractivity contribution < 1.29 is 18.8 Å². The summed E-state index contributed by atoms with van der Waals surface area (Å²) in [5.41, 5.74) is 6.32. The molecule has 1 saturated heterocycles. The third-order valence-electron chi connectivity index (χ3n) is 3.94. The summed E-state index contributed by atoms with van der Waals surface area (Å²) in [6, 6.07) is 6.38. The highest BCUT2D eigenvalue weighted by atomic mass is 35.5. The summed E-state index contributed by atoms with van der Waals surface area (Å²) >= 11 is 0. The van der Waals surface area contributed by atoms with Gasteiger partial charge >= 0.3 is 6.15 Å². The molecule has 1 amide bonds. The highest BCUT2D eigenvalue weighted by molar-refractivity contribution is 5.97. The number of fused-ring (bicyclic) bond motifs is 1. The number of amides is 1. The zero-order valence-corrected chi connectivity index (χ0v) is 14.5. The minimum atomic E-state index is -0.166. The van der Waals surface area contributed by atoms with Crippen LogP contribution in [0.1, 0.15) is 29.5 Å². The molecule has 0 bridgehead atoms. The maximum Gasteiger partial charge on any atom is 0.373 e. The number of nitrogens with zero attached hydrogens (tertiary/aromatic N) is 1. The van der Waals surface area contributed by atoms with E-state index in [0.717, 1.165) is 19.5 Å². The van der Waals surface area contributed by atoms with Gasteiger partial charge in [-0.1, -0.05) is 6.92 Å². The van der Waals surface area contributed by atoms with Gasteiger partial charge in [-0.15, -0.1) is 12.4 Å². The van der Waals surface area contributed by atoms with Gasteiger partial charge in [0.2, 0.25) is 0 Å². The van der Waals surface area contributed by atoms with E-state index in [4.69, 9.17) is 19.7 Å². The molecule has 0 radical (unpaired) electrons. The summed E-state index contributed by atoms with van der Waals surface area (Å²) in [5, 5.41) is 0.422. The van der Waals surface area contributed by atoms with Crippen molar-refractivity contribution in [2.45, 2.75) is 19.9 Å². The molecule has 1 fully saturated rings. The molecule has 0 spiro atoms. The Bertz CT molecular complexity index is 843. The average Bonchev–Trinajstić information content (AvgIpc) is 3.01. The second-order valence-electron chi connectivity index (χ2n) is 5.72. The van der Waals surface area contributed by atoms with Crippen LogP contribution in [0.2, 0.25) is 0 Å². The predicted molar refractivity (Wildman–Crippen MR) is 92.3 cm³/mol. The van der Waals surface area contributed by atoms with Crippen LogP contribution in [0.25, 0.3) is 11.0 Å². The highest BCUT2D eigenvalue weighted by Gasteiger charge is 2.24. The van der Waals surface area contributed by atoms with Gasteiger partial charge in [-0.25, -0.2) is 0 Å². The summed E-state index contributed by atoms with van der Waals surface area (Å²) < 4.78 is 5.52. The molecule has 2 aromatic rings. The average molecular weight is 367 g/mol. The van der Waals surface area contributed by atoms with Crippen molar-refractivity contribution in [3.63, 3.8) is 0 Å². The molecule has 1 atom stereocenters. The van der Waals surface area contributed by atoms with Gasteiger partial charge in [-0.05, 0) is 30.5 Å². The lowest BCUT2D eigenvalue weighted by Crippen LogP contribution is -2.28. The number of benzene rings is 1. The first-order chi connectivity index (χ1) is 11.5. The fraction of sp³-hybridized carbons (Fsp3) is 0.353. The minimum absolute atomic E-state index is 0. The Labute approximate surface area is 150 Å². The van der Waals surface area contributed by atoms with Crippen LogP contribution < -0.4 is 11.2 Å². The van der Waals surface area contributed by atoms with E-state index < -0.39 is 0 Å². The van der Waals surface area contributed by atoms with Crippen molar-refractivity contribution in [2.24, 2.45) is 11.7 Å². The molecular weight excluding hydrogens is 348 g/mol. The molecule has 3 rings (SSSR count). The van der Waals surface area contributed by atoms with Gasteiger partial charge in [0.25, 0.3) is 5.91 Å². The summed E-state index contributed by atoms with van der Waals surface area (Å²) in [4.78, 5) is 42.6. The van der Waals surface area contributed by atoms with Crippen LogP contribution in [0.4, 0.5) is 0 Å². The lowest BCUT2D eigenvalue weighted by atomic mass is 10.1. The first-order valence-corrected chi connectivity index (χ1v) is 7.55. The number of hydrogen-bond acceptors (Lipinski definition) is 6. The van der Waals surface area contributed by atoms with Crippen LogP contribution >= 0.6 is 12.4 Å². The van der Waals surface area contributed by atoms with Gasteiger partial charge in [-0.3, -0.25) is 9.59 Å². The molecule has 7 nitrogen and oxygen atoms in total. The van der Waals surface area contributed by atoms with Crippen molar-refractivity contribution >= 4 is 35.4 Å². The minimum Gasteiger partial charge on any atom is -0.459 e. The molecule has 1 aliphatic rings. The molecule has 134 valence electrons. The number of nitrogens with two attached hydrogens (primary N) is 1. The highest BCUT2D eigenvalue weighted by Crippen LogP contribution is 2.20. The van der Waals surface area contributed by atoms with Crippen molar-refractivity contribution in [3.05, 3.63) is 45.8 Å². The van der Waals surface area contributed by atoms with Gasteiger partial charge in [0.15, 0.2) is 5.43 Å². The number of halogens is 1. The van der Waals surface area contributed by atoms with Gasteiger partial charge < -0.3 is 15.1 Å². The van der Waals surface area contributed by atoms with E-state index in [1.807, 2.05) is 4.90 Å². The zero-order valence-electron chi connectivity index (χ0n) is 13.7. The van der Waals surface area contributed by atoms with E-state index in [2.05, 4.69) is 6.92 Å². The maximum atomic E-state index is 12.4. The lowest BCUT2D eigenvalue weighted by molar-refractivity contribution is -0.191. The maximum absolute atomic E-state index is 12.4. The SMILES string of the molecule is C[C@@H]1CCN(C(=O)c2ccc3oc(CN)cc(=O)c3c2)C1.Cl.O=C=O. The monoisotopic (exact) mass is 366 g/mol. The van der Waals surface area contributed by atoms with E-state index in [-0.39, 0.29) is 36.4 Å². The largest absolute Gasteiger partial charge is 0.459 e. The quantitative estimate of drug-likeness (QED) is 0.863. The number of carbonyl (C=O) groups is 1. The van der Waals surface area contributed by atoms with Crippen molar-refractivity contribution in [1.82, 2.24) is 4.90 Å². The first-order valence-electron chi connectivity index (χ1n) is 7.55. The third-order valence-corrected chi connectivity index (χ3v) is 3.94. The lowest BCUT2D eigenvalue weighted by Gasteiger charge is -2.16. The number of hydrogen-bond donors (Lipinski definition) is 1. The van der Waals surface area contributed by atoms with Crippen molar-refractivity contribution in [3.8, 4) is 0 Å². The standard InChI is InChI=1S/C16H18N2O3.CO2.ClH/c1-10-4-5-18(9-10)16(20)11-2-3-15-13(6-11)14(19)7-12(8-17)21-15;2-1-3;/h2-3,6-7,10H,4-5,8-9,17H2,1H3;;1H/t10-;;/m1../s1. The Morgan fingerprint density at radius 3 is 2.60 bits per heavy atom. The smallest absolute Gasteiger partial charge is 0.373 e. The number of likely N-dealkylation sites (tertiary alicyclic amines) is 1. The van der Waals surface area contributed by atoms with E-state index in [9.17, 15) is 9.59 Å². The predicted octanol–water partition coefficient (Wildman–Crippen LogP) is 1.57. The Balaban J connectivity index is 0.000000730. The second-order valence-corrected chi connectivity index (χ2v) is 5.72. The molecule has 25 heavy (non-hydrogen) atoms. The van der Waals surface area contributed by atoms with Crippen LogP contribution in [0.3, 0.4) is 0 Å². The zero-order chi connectivity index (χ0) is 17.7. The van der Waals surface area contributed by atoms with Crippen LogP contribution in [-0.2, 0) is 16.1 Å². The Morgan fingerprint density at radius 1 is 1.36 bits per heavy atom. The van der Waals surface area contributed by atoms with E-state index in [0.29, 0.717) is 28.2 Å². The fourth-order valence-corrected chi connectivity index (χ4v) is 2.74. The molecule has 0 saturated carbocycles. The Hall–Kier alpha value is -2.47. The Kier molecular flexibility index (Phi) is 7.51.